The van der Waals surface area contributed by atoms with E-state index in [-0.39, 0.29) is 11.5 Å². The molecule has 0 aliphatic heterocycles. The maximum absolute atomic E-state index is 11.7. The lowest BCUT2D eigenvalue weighted by Crippen LogP contribution is -2.21. The van der Waals surface area contributed by atoms with Crippen LogP contribution in [0.15, 0.2) is 18.5 Å². The van der Waals surface area contributed by atoms with Gasteiger partial charge in [0.05, 0.1) is 5.75 Å². The highest BCUT2D eigenvalue weighted by Gasteiger charge is 2.15. The normalized spacial score (nSPS) is 13.9. The van der Waals surface area contributed by atoms with Crippen LogP contribution in [0.1, 0.15) is 38.8 Å². The van der Waals surface area contributed by atoms with E-state index in [1.165, 1.54) is 5.56 Å². The summed E-state index contributed by atoms with van der Waals surface area (Å²) in [6, 6.07) is 2.38. The number of hydrogen-bond donors (Lipinski definition) is 1. The smallest absolute Gasteiger partial charge is 0.152 e. The van der Waals surface area contributed by atoms with Crippen molar-refractivity contribution >= 4 is 9.84 Å². The molecule has 1 aromatic rings. The summed E-state index contributed by atoms with van der Waals surface area (Å²) >= 11 is 0. The molecule has 0 amide bonds. The lowest BCUT2D eigenvalue weighted by atomic mass is 9.99. The van der Waals surface area contributed by atoms with E-state index in [2.05, 4.69) is 25.2 Å². The first-order valence-electron chi connectivity index (χ1n) is 6.93. The number of nitrogens with one attached hydrogen (secondary N) is 1. The molecule has 0 radical (unpaired) electrons. The highest BCUT2D eigenvalue weighted by molar-refractivity contribution is 7.91. The van der Waals surface area contributed by atoms with Gasteiger partial charge >= 0.3 is 0 Å². The lowest BCUT2D eigenvalue weighted by molar-refractivity contribution is 0.442. The molecule has 0 bridgehead atoms. The van der Waals surface area contributed by atoms with Gasteiger partial charge < -0.3 is 9.88 Å². The summed E-state index contributed by atoms with van der Waals surface area (Å²) in [6.07, 6.45) is 4.70. The predicted octanol–water partition coefficient (Wildman–Crippen LogP) is 2.23. The van der Waals surface area contributed by atoms with Crippen molar-refractivity contribution in [3.8, 4) is 0 Å². The Labute approximate surface area is 117 Å². The predicted molar refractivity (Wildman–Crippen MR) is 80.0 cm³/mol. The van der Waals surface area contributed by atoms with Crippen molar-refractivity contribution < 1.29 is 8.42 Å². The second-order valence-corrected chi connectivity index (χ2v) is 7.65. The maximum atomic E-state index is 11.7. The molecular weight excluding hydrogens is 260 g/mol. The number of aryl methyl sites for hydroxylation is 1. The van der Waals surface area contributed by atoms with Crippen LogP contribution in [0.2, 0.25) is 0 Å². The van der Waals surface area contributed by atoms with E-state index in [4.69, 9.17) is 0 Å². The molecule has 1 rings (SSSR count). The van der Waals surface area contributed by atoms with Gasteiger partial charge in [0.2, 0.25) is 0 Å². The zero-order chi connectivity index (χ0) is 14.5. The Morgan fingerprint density at radius 1 is 1.32 bits per heavy atom. The number of nitrogens with zero attached hydrogens (tertiary/aromatic N) is 1. The zero-order valence-corrected chi connectivity index (χ0v) is 13.2. The van der Waals surface area contributed by atoms with Crippen LogP contribution in [0.5, 0.6) is 0 Å². The van der Waals surface area contributed by atoms with Gasteiger partial charge in [-0.2, -0.15) is 0 Å². The van der Waals surface area contributed by atoms with E-state index in [0.29, 0.717) is 24.9 Å². The molecule has 1 N–H and O–H groups in total. The fourth-order valence-corrected chi connectivity index (χ4v) is 3.64. The molecule has 110 valence electrons. The van der Waals surface area contributed by atoms with Crippen LogP contribution in [0, 0.1) is 5.92 Å². The minimum Gasteiger partial charge on any atom is -0.353 e. The standard InChI is InChI=1S/C14H26N2O2S/c1-5-9-19(17,18)10-8-16-7-6-13(11-16)14(15-4)12(2)3/h6-7,11-12,14-15H,5,8-10H2,1-4H3. The first-order chi connectivity index (χ1) is 8.89. The Morgan fingerprint density at radius 2 is 2.00 bits per heavy atom. The summed E-state index contributed by atoms with van der Waals surface area (Å²) in [6.45, 7) is 6.77. The van der Waals surface area contributed by atoms with Gasteiger partial charge in [-0.05, 0) is 31.0 Å². The molecule has 0 saturated carbocycles. The highest BCUT2D eigenvalue weighted by atomic mass is 32.2. The third-order valence-corrected chi connectivity index (χ3v) is 5.12. The number of sulfone groups is 1. The largest absolute Gasteiger partial charge is 0.353 e. The molecule has 1 aromatic heterocycles. The van der Waals surface area contributed by atoms with Gasteiger partial charge in [-0.3, -0.25) is 0 Å². The van der Waals surface area contributed by atoms with Crippen molar-refractivity contribution in [2.45, 2.75) is 39.8 Å². The SMILES string of the molecule is CCCS(=O)(=O)CCn1ccc(C(NC)C(C)C)c1. The number of aromatic nitrogens is 1. The molecule has 1 heterocycles. The first kappa shape index (κ1) is 16.2. The van der Waals surface area contributed by atoms with Gasteiger partial charge in [-0.15, -0.1) is 0 Å². The van der Waals surface area contributed by atoms with Crippen LogP contribution in [-0.4, -0.2) is 31.5 Å². The summed E-state index contributed by atoms with van der Waals surface area (Å²) in [5.74, 6) is 1.01. The topological polar surface area (TPSA) is 51.1 Å². The highest BCUT2D eigenvalue weighted by Crippen LogP contribution is 2.21. The molecule has 0 aromatic carbocycles. The fraction of sp³-hybridized carbons (Fsp3) is 0.714. The summed E-state index contributed by atoms with van der Waals surface area (Å²) in [4.78, 5) is 0. The Balaban J connectivity index is 2.65. The van der Waals surface area contributed by atoms with Gasteiger partial charge in [-0.1, -0.05) is 20.8 Å². The van der Waals surface area contributed by atoms with Crippen molar-refractivity contribution in [1.82, 2.24) is 9.88 Å². The van der Waals surface area contributed by atoms with Crippen molar-refractivity contribution in [1.29, 1.82) is 0 Å². The molecule has 4 nitrogen and oxygen atoms in total. The minimum absolute atomic E-state index is 0.223. The Morgan fingerprint density at radius 3 is 2.53 bits per heavy atom. The second-order valence-electron chi connectivity index (χ2n) is 5.34. The second kappa shape index (κ2) is 7.10. The third-order valence-electron chi connectivity index (χ3n) is 3.29. The van der Waals surface area contributed by atoms with E-state index < -0.39 is 9.84 Å². The monoisotopic (exact) mass is 286 g/mol. The van der Waals surface area contributed by atoms with Crippen LogP contribution in [0.4, 0.5) is 0 Å². The quantitative estimate of drug-likeness (QED) is 0.797. The molecule has 0 aliphatic carbocycles. The molecule has 5 heteroatoms. The molecule has 1 atom stereocenters. The van der Waals surface area contributed by atoms with E-state index >= 15 is 0 Å². The third kappa shape index (κ3) is 4.99. The first-order valence-corrected chi connectivity index (χ1v) is 8.75. The van der Waals surface area contributed by atoms with Gasteiger partial charge in [-0.25, -0.2) is 8.42 Å². The van der Waals surface area contributed by atoms with Crippen LogP contribution < -0.4 is 5.32 Å². The van der Waals surface area contributed by atoms with E-state index in [9.17, 15) is 8.42 Å². The van der Waals surface area contributed by atoms with E-state index in [0.717, 1.165) is 0 Å². The average molecular weight is 286 g/mol. The molecule has 0 aliphatic rings. The summed E-state index contributed by atoms with van der Waals surface area (Å²) in [7, 11) is -0.947. The summed E-state index contributed by atoms with van der Waals surface area (Å²) in [5, 5.41) is 3.29. The maximum Gasteiger partial charge on any atom is 0.152 e. The molecule has 0 spiro atoms. The molecule has 1 unspecified atom stereocenters. The van der Waals surface area contributed by atoms with Gasteiger partial charge in [0.1, 0.15) is 0 Å². The lowest BCUT2D eigenvalue weighted by Gasteiger charge is -2.18. The van der Waals surface area contributed by atoms with Gasteiger partial charge in [0, 0.05) is 30.7 Å². The van der Waals surface area contributed by atoms with E-state index in [1.54, 1.807) is 0 Å². The molecule has 19 heavy (non-hydrogen) atoms. The van der Waals surface area contributed by atoms with Crippen molar-refractivity contribution in [2.75, 3.05) is 18.6 Å². The van der Waals surface area contributed by atoms with Crippen LogP contribution in [0.25, 0.3) is 0 Å². The van der Waals surface area contributed by atoms with Crippen LogP contribution in [-0.2, 0) is 16.4 Å². The molecule has 0 fully saturated rings. The Kier molecular flexibility index (Phi) is 6.07. The Bertz CT molecular complexity index is 477. The molecule has 0 saturated heterocycles. The minimum atomic E-state index is -2.90. The van der Waals surface area contributed by atoms with Crippen LogP contribution >= 0.6 is 0 Å². The van der Waals surface area contributed by atoms with Crippen molar-refractivity contribution in [2.24, 2.45) is 5.92 Å². The van der Waals surface area contributed by atoms with Crippen molar-refractivity contribution in [3.05, 3.63) is 24.0 Å². The van der Waals surface area contributed by atoms with Gasteiger partial charge in [0.15, 0.2) is 9.84 Å². The Hall–Kier alpha value is -0.810. The number of rotatable bonds is 8. The van der Waals surface area contributed by atoms with Gasteiger partial charge in [0.25, 0.3) is 0 Å². The average Bonchev–Trinajstić information content (AvgIpc) is 2.76. The summed E-state index contributed by atoms with van der Waals surface area (Å²) < 4.78 is 25.3. The van der Waals surface area contributed by atoms with Crippen LogP contribution in [0.3, 0.4) is 0 Å². The number of hydrogen-bond acceptors (Lipinski definition) is 3. The van der Waals surface area contributed by atoms with E-state index in [1.807, 2.05) is 30.9 Å². The zero-order valence-electron chi connectivity index (χ0n) is 12.4. The van der Waals surface area contributed by atoms with Crippen molar-refractivity contribution in [3.63, 3.8) is 0 Å². The fourth-order valence-electron chi connectivity index (χ4n) is 2.32. The molecular formula is C14H26N2O2S. The summed E-state index contributed by atoms with van der Waals surface area (Å²) in [5.41, 5.74) is 1.21.